The van der Waals surface area contributed by atoms with Crippen LogP contribution < -0.4 is 4.74 Å². The summed E-state index contributed by atoms with van der Waals surface area (Å²) in [5.41, 5.74) is 1.13. The molecule has 1 aliphatic carbocycles. The Morgan fingerprint density at radius 2 is 2.29 bits per heavy atom. The van der Waals surface area contributed by atoms with Crippen molar-refractivity contribution in [3.63, 3.8) is 0 Å². The molecule has 21 heavy (non-hydrogen) atoms. The lowest BCUT2D eigenvalue weighted by Gasteiger charge is -2.23. The second kappa shape index (κ2) is 5.79. The number of rotatable bonds is 4. The maximum atomic E-state index is 12.6. The summed E-state index contributed by atoms with van der Waals surface area (Å²) in [7, 11) is 0. The Kier molecular flexibility index (Phi) is 4.02. The lowest BCUT2D eigenvalue weighted by Crippen LogP contribution is -2.34. The van der Waals surface area contributed by atoms with Gasteiger partial charge in [-0.25, -0.2) is 0 Å². The fourth-order valence-corrected chi connectivity index (χ4v) is 3.88. The largest absolute Gasteiger partial charge is 0.508 e. The first-order chi connectivity index (χ1) is 10.1. The molecule has 2 aliphatic rings. The minimum Gasteiger partial charge on any atom is -0.508 e. The van der Waals surface area contributed by atoms with Gasteiger partial charge in [0.15, 0.2) is 0 Å². The minimum absolute atomic E-state index is 0.210. The molecule has 0 saturated heterocycles. The Labute approximate surface area is 129 Å². The van der Waals surface area contributed by atoms with E-state index in [1.807, 2.05) is 16.7 Å². The highest BCUT2D eigenvalue weighted by Crippen LogP contribution is 2.51. The number of phenolic OH excluding ortho intramolecular Hbond substituents is 1. The highest BCUT2D eigenvalue weighted by Gasteiger charge is 2.44. The predicted octanol–water partition coefficient (Wildman–Crippen LogP) is 2.65. The number of fused-ring (bicyclic) bond motifs is 1. The Bertz CT molecular complexity index is 542. The van der Waals surface area contributed by atoms with Crippen LogP contribution in [0.4, 0.5) is 0 Å². The molecule has 114 valence electrons. The van der Waals surface area contributed by atoms with E-state index in [0.29, 0.717) is 26.1 Å². The number of thioether (sulfide) groups is 1. The number of phenols is 1. The van der Waals surface area contributed by atoms with Crippen molar-refractivity contribution in [3.8, 4) is 11.5 Å². The Balaban J connectivity index is 1.70. The van der Waals surface area contributed by atoms with Crippen LogP contribution in [0.3, 0.4) is 0 Å². The third-order valence-electron chi connectivity index (χ3n) is 4.31. The molecule has 0 bridgehead atoms. The first-order valence-corrected chi connectivity index (χ1v) is 8.73. The van der Waals surface area contributed by atoms with Crippen molar-refractivity contribution in [1.29, 1.82) is 0 Å². The van der Waals surface area contributed by atoms with Gasteiger partial charge < -0.3 is 14.7 Å². The third kappa shape index (κ3) is 3.28. The smallest absolute Gasteiger partial charge is 0.223 e. The topological polar surface area (TPSA) is 49.8 Å². The van der Waals surface area contributed by atoms with Crippen molar-refractivity contribution < 1.29 is 14.6 Å². The van der Waals surface area contributed by atoms with Gasteiger partial charge in [0.1, 0.15) is 18.1 Å². The van der Waals surface area contributed by atoms with Crippen molar-refractivity contribution >= 4 is 17.7 Å². The molecule has 0 radical (unpaired) electrons. The molecule has 4 nitrogen and oxygen atoms in total. The van der Waals surface area contributed by atoms with Crippen LogP contribution in [0.15, 0.2) is 18.2 Å². The van der Waals surface area contributed by atoms with Crippen LogP contribution in [0.1, 0.15) is 24.8 Å². The zero-order chi connectivity index (χ0) is 14.9. The summed E-state index contributed by atoms with van der Waals surface area (Å²) in [6.07, 6.45) is 5.08. The molecule has 1 N–H and O–H groups in total. The van der Waals surface area contributed by atoms with Gasteiger partial charge >= 0.3 is 0 Å². The van der Waals surface area contributed by atoms with E-state index in [4.69, 9.17) is 4.74 Å². The van der Waals surface area contributed by atoms with Crippen LogP contribution in [0.25, 0.3) is 0 Å². The second-order valence-corrected chi connectivity index (χ2v) is 6.93. The molecule has 1 heterocycles. The molecule has 0 atom stereocenters. The normalized spacial score (nSPS) is 19.4. The van der Waals surface area contributed by atoms with Crippen molar-refractivity contribution in [3.05, 3.63) is 23.8 Å². The van der Waals surface area contributed by atoms with Crippen LogP contribution in [0.2, 0.25) is 0 Å². The fraction of sp³-hybridized carbons (Fsp3) is 0.562. The summed E-state index contributed by atoms with van der Waals surface area (Å²) in [6, 6.07) is 5.08. The maximum Gasteiger partial charge on any atom is 0.223 e. The van der Waals surface area contributed by atoms with Crippen LogP contribution in [-0.2, 0) is 11.3 Å². The van der Waals surface area contributed by atoms with E-state index in [1.165, 1.54) is 12.8 Å². The number of ether oxygens (including phenoxy) is 1. The van der Waals surface area contributed by atoms with Crippen LogP contribution in [0.5, 0.6) is 11.5 Å². The summed E-state index contributed by atoms with van der Waals surface area (Å²) in [6.45, 7) is 1.65. The molecule has 1 aliphatic heterocycles. The van der Waals surface area contributed by atoms with Gasteiger partial charge in [-0.15, -0.1) is 0 Å². The van der Waals surface area contributed by atoms with Gasteiger partial charge in [0.05, 0.1) is 6.54 Å². The number of hydrogen-bond donors (Lipinski definition) is 1. The summed E-state index contributed by atoms with van der Waals surface area (Å²) in [5.74, 6) is 2.27. The van der Waals surface area contributed by atoms with Gasteiger partial charge in [0, 0.05) is 18.5 Å². The molecule has 5 heteroatoms. The maximum absolute atomic E-state index is 12.6. The third-order valence-corrected chi connectivity index (χ3v) is 5.21. The van der Waals surface area contributed by atoms with E-state index in [2.05, 4.69) is 6.26 Å². The number of hydrogen-bond acceptors (Lipinski definition) is 4. The first kappa shape index (κ1) is 14.6. The molecule has 0 unspecified atom stereocenters. The first-order valence-electron chi connectivity index (χ1n) is 7.33. The summed E-state index contributed by atoms with van der Waals surface area (Å²) >= 11 is 1.83. The quantitative estimate of drug-likeness (QED) is 0.929. The van der Waals surface area contributed by atoms with Crippen LogP contribution >= 0.6 is 11.8 Å². The van der Waals surface area contributed by atoms with E-state index in [1.54, 1.807) is 18.2 Å². The summed E-state index contributed by atoms with van der Waals surface area (Å²) in [5, 5.41) is 9.61. The van der Waals surface area contributed by atoms with Gasteiger partial charge in [-0.3, -0.25) is 4.79 Å². The Morgan fingerprint density at radius 3 is 3.00 bits per heavy atom. The Morgan fingerprint density at radius 1 is 1.48 bits per heavy atom. The second-order valence-electron chi connectivity index (χ2n) is 6.07. The van der Waals surface area contributed by atoms with Crippen LogP contribution in [0, 0.1) is 5.41 Å². The van der Waals surface area contributed by atoms with Gasteiger partial charge in [0.2, 0.25) is 5.91 Å². The monoisotopic (exact) mass is 307 g/mol. The Hall–Kier alpha value is -1.36. The minimum atomic E-state index is 0.210. The predicted molar refractivity (Wildman–Crippen MR) is 83.7 cm³/mol. The highest BCUT2D eigenvalue weighted by molar-refractivity contribution is 7.98. The van der Waals surface area contributed by atoms with Crippen molar-refractivity contribution in [2.45, 2.75) is 25.8 Å². The number of amides is 1. The van der Waals surface area contributed by atoms with E-state index in [0.717, 1.165) is 17.1 Å². The van der Waals surface area contributed by atoms with E-state index in [9.17, 15) is 9.90 Å². The van der Waals surface area contributed by atoms with E-state index >= 15 is 0 Å². The zero-order valence-electron chi connectivity index (χ0n) is 12.3. The fourth-order valence-electron chi connectivity index (χ4n) is 2.88. The zero-order valence-corrected chi connectivity index (χ0v) is 13.1. The lowest BCUT2D eigenvalue weighted by atomic mass is 10.0. The molecule has 1 aromatic carbocycles. The molecule has 1 saturated carbocycles. The summed E-state index contributed by atoms with van der Waals surface area (Å²) in [4.78, 5) is 14.4. The molecule has 1 amide bonds. The average molecular weight is 307 g/mol. The molecular weight excluding hydrogens is 286 g/mol. The molecule has 0 spiro atoms. The standard InChI is InChI=1S/C16H21NO3S/c1-21-11-16(4-5-16)9-15(19)17-6-7-20-14-3-2-13(18)8-12(14)10-17/h2-3,8,18H,4-7,9-11H2,1H3. The molecule has 1 fully saturated rings. The van der Waals surface area contributed by atoms with Gasteiger partial charge in [-0.05, 0) is 48.5 Å². The number of nitrogens with zero attached hydrogens (tertiary/aromatic N) is 1. The molecule has 1 aromatic rings. The van der Waals surface area contributed by atoms with Crippen LogP contribution in [-0.4, -0.2) is 41.1 Å². The molecular formula is C16H21NO3S. The average Bonchev–Trinajstić information content (AvgIpc) is 3.22. The number of aromatic hydroxyl groups is 1. The van der Waals surface area contributed by atoms with E-state index < -0.39 is 0 Å². The van der Waals surface area contributed by atoms with Gasteiger partial charge in [-0.2, -0.15) is 11.8 Å². The number of carbonyl (C=O) groups excluding carboxylic acids is 1. The van der Waals surface area contributed by atoms with Gasteiger partial charge in [-0.1, -0.05) is 0 Å². The van der Waals surface area contributed by atoms with Crippen molar-refractivity contribution in [2.24, 2.45) is 5.41 Å². The van der Waals surface area contributed by atoms with Crippen molar-refractivity contribution in [1.82, 2.24) is 4.90 Å². The SMILES string of the molecule is CSCC1(CC(=O)N2CCOc3ccc(O)cc3C2)CC1. The van der Waals surface area contributed by atoms with Crippen molar-refractivity contribution in [2.75, 3.05) is 25.2 Å². The summed E-state index contributed by atoms with van der Waals surface area (Å²) < 4.78 is 5.67. The lowest BCUT2D eigenvalue weighted by molar-refractivity contribution is -0.133. The van der Waals surface area contributed by atoms with Gasteiger partial charge in [0.25, 0.3) is 0 Å². The molecule has 3 rings (SSSR count). The van der Waals surface area contributed by atoms with E-state index in [-0.39, 0.29) is 17.1 Å². The highest BCUT2D eigenvalue weighted by atomic mass is 32.2. The molecule has 0 aromatic heterocycles. The number of benzene rings is 1. The number of carbonyl (C=O) groups is 1.